The zero-order valence-corrected chi connectivity index (χ0v) is 23.8. The Hall–Kier alpha value is -3.89. The molecule has 0 spiro atoms. The van der Waals surface area contributed by atoms with Gasteiger partial charge in [-0.15, -0.1) is 0 Å². The van der Waals surface area contributed by atoms with Crippen LogP contribution < -0.4 is 10.2 Å². The van der Waals surface area contributed by atoms with Gasteiger partial charge in [0.25, 0.3) is 0 Å². The van der Waals surface area contributed by atoms with E-state index < -0.39 is 11.7 Å². The second-order valence-corrected chi connectivity index (χ2v) is 11.0. The number of carbonyl (C=O) groups excluding carboxylic acids is 3. The third-order valence-corrected chi connectivity index (χ3v) is 5.89. The number of rotatable bonds is 8. The van der Waals surface area contributed by atoms with Crippen LogP contribution in [0, 0.1) is 5.92 Å². The molecular formula is C28H40N6O5. The minimum absolute atomic E-state index is 0.145. The zero-order chi connectivity index (χ0) is 28.6. The van der Waals surface area contributed by atoms with Crippen molar-refractivity contribution < 1.29 is 23.9 Å². The molecule has 1 N–H and O–H groups in total. The number of anilines is 1. The number of nitrogens with zero attached hydrogens (tertiary/aromatic N) is 5. The molecule has 0 saturated carbocycles. The lowest BCUT2D eigenvalue weighted by Crippen LogP contribution is -2.49. The fourth-order valence-electron chi connectivity index (χ4n) is 3.86. The van der Waals surface area contributed by atoms with E-state index in [1.165, 1.54) is 0 Å². The lowest BCUT2D eigenvalue weighted by molar-refractivity contribution is -0.129. The molecule has 1 aliphatic rings. The van der Waals surface area contributed by atoms with E-state index in [0.717, 1.165) is 16.7 Å². The third kappa shape index (κ3) is 9.42. The van der Waals surface area contributed by atoms with Gasteiger partial charge >= 0.3 is 12.2 Å². The van der Waals surface area contributed by atoms with E-state index in [-0.39, 0.29) is 18.5 Å². The van der Waals surface area contributed by atoms with Crippen LogP contribution in [0.5, 0.6) is 0 Å². The number of piperazine rings is 1. The largest absolute Gasteiger partial charge is 0.449 e. The summed E-state index contributed by atoms with van der Waals surface area (Å²) in [6.45, 7) is 12.4. The third-order valence-electron chi connectivity index (χ3n) is 5.89. The van der Waals surface area contributed by atoms with E-state index in [1.54, 1.807) is 50.0 Å². The number of carbonyl (C=O) groups is 3. The van der Waals surface area contributed by atoms with Gasteiger partial charge in [0, 0.05) is 57.7 Å². The second kappa shape index (κ2) is 13.3. The van der Waals surface area contributed by atoms with E-state index in [2.05, 4.69) is 20.2 Å². The molecular weight excluding hydrogens is 500 g/mol. The fraction of sp³-hybridized carbons (Fsp3) is 0.536. The number of nitrogens with one attached hydrogen (secondary N) is 1. The molecule has 1 fully saturated rings. The van der Waals surface area contributed by atoms with Crippen LogP contribution in [-0.2, 0) is 20.8 Å². The molecule has 0 unspecified atom stereocenters. The maximum Gasteiger partial charge on any atom is 0.409 e. The highest BCUT2D eigenvalue weighted by molar-refractivity contribution is 5.82. The first-order valence-corrected chi connectivity index (χ1v) is 13.2. The van der Waals surface area contributed by atoms with Crippen LogP contribution in [0.2, 0.25) is 0 Å². The van der Waals surface area contributed by atoms with Gasteiger partial charge in [-0.25, -0.2) is 19.6 Å². The van der Waals surface area contributed by atoms with E-state index in [4.69, 9.17) is 9.47 Å². The topological polar surface area (TPSA) is 117 Å². The molecule has 11 heteroatoms. The molecule has 0 radical (unpaired) electrons. The van der Waals surface area contributed by atoms with Crippen molar-refractivity contribution in [1.82, 2.24) is 25.1 Å². The molecule has 39 heavy (non-hydrogen) atoms. The Balaban J connectivity index is 1.52. The molecule has 2 aromatic rings. The molecule has 2 heterocycles. The van der Waals surface area contributed by atoms with E-state index >= 15 is 0 Å². The molecule has 0 atom stereocenters. The maximum atomic E-state index is 12.5. The summed E-state index contributed by atoms with van der Waals surface area (Å²) in [6.07, 6.45) is 2.67. The van der Waals surface area contributed by atoms with Gasteiger partial charge in [0.15, 0.2) is 0 Å². The summed E-state index contributed by atoms with van der Waals surface area (Å²) in [5.74, 6) is 0.694. The Morgan fingerprint density at radius 3 is 2.33 bits per heavy atom. The zero-order valence-electron chi connectivity index (χ0n) is 23.8. The number of alkyl carbamates (subject to hydrolysis) is 1. The van der Waals surface area contributed by atoms with Gasteiger partial charge in [0.1, 0.15) is 12.1 Å². The Labute approximate surface area is 230 Å². The van der Waals surface area contributed by atoms with E-state index in [0.29, 0.717) is 51.2 Å². The van der Waals surface area contributed by atoms with Gasteiger partial charge in [-0.1, -0.05) is 32.0 Å². The lowest BCUT2D eigenvalue weighted by atomic mass is 10.1. The maximum absolute atomic E-state index is 12.5. The number of amides is 3. The van der Waals surface area contributed by atoms with Crippen molar-refractivity contribution in [3.05, 3.63) is 42.2 Å². The SMILES string of the molecule is CC(C)COC(=O)N1CCN(c2ncc(-c3cccc(CN(C)C(=O)CNC(=O)OC(C)(C)C)c3)cn2)CC1. The molecule has 3 amide bonds. The fourth-order valence-corrected chi connectivity index (χ4v) is 3.86. The minimum Gasteiger partial charge on any atom is -0.449 e. The first-order valence-electron chi connectivity index (χ1n) is 13.2. The molecule has 1 saturated heterocycles. The van der Waals surface area contributed by atoms with Crippen molar-refractivity contribution in [3.63, 3.8) is 0 Å². The highest BCUT2D eigenvalue weighted by Gasteiger charge is 2.24. The summed E-state index contributed by atoms with van der Waals surface area (Å²) in [7, 11) is 1.69. The first-order chi connectivity index (χ1) is 18.4. The Morgan fingerprint density at radius 2 is 1.72 bits per heavy atom. The van der Waals surface area contributed by atoms with E-state index in [9.17, 15) is 14.4 Å². The van der Waals surface area contributed by atoms with Crippen molar-refractivity contribution in [3.8, 4) is 11.1 Å². The summed E-state index contributed by atoms with van der Waals surface area (Å²) < 4.78 is 10.5. The molecule has 1 aromatic carbocycles. The number of likely N-dealkylation sites (N-methyl/N-ethyl adjacent to an activating group) is 1. The van der Waals surface area contributed by atoms with Crippen LogP contribution in [0.4, 0.5) is 15.5 Å². The highest BCUT2D eigenvalue weighted by Crippen LogP contribution is 2.21. The average Bonchev–Trinajstić information content (AvgIpc) is 2.89. The summed E-state index contributed by atoms with van der Waals surface area (Å²) in [5, 5.41) is 2.49. The molecule has 212 valence electrons. The minimum atomic E-state index is -0.626. The Bertz CT molecular complexity index is 1120. The Morgan fingerprint density at radius 1 is 1.05 bits per heavy atom. The number of ether oxygens (including phenoxy) is 2. The van der Waals surface area contributed by atoms with Gasteiger partial charge in [0.05, 0.1) is 6.61 Å². The van der Waals surface area contributed by atoms with Crippen molar-refractivity contribution in [2.45, 2.75) is 46.8 Å². The summed E-state index contributed by atoms with van der Waals surface area (Å²) >= 11 is 0. The standard InChI is InChI=1S/C28H40N6O5/c1-20(2)19-38-27(37)34-12-10-33(11-13-34)25-29-15-23(16-30-25)22-9-7-8-21(14-22)18-32(6)24(35)17-31-26(36)39-28(3,4)5/h7-9,14-16,20H,10-13,17-19H2,1-6H3,(H,31,36). The van der Waals surface area contributed by atoms with Crippen molar-refractivity contribution >= 4 is 24.0 Å². The molecule has 1 aliphatic heterocycles. The summed E-state index contributed by atoms with van der Waals surface area (Å²) in [4.78, 5) is 50.9. The number of aromatic nitrogens is 2. The smallest absolute Gasteiger partial charge is 0.409 e. The predicted molar refractivity (Wildman–Crippen MR) is 148 cm³/mol. The van der Waals surface area contributed by atoms with Gasteiger partial charge in [-0.3, -0.25) is 4.79 Å². The van der Waals surface area contributed by atoms with Gasteiger partial charge in [0.2, 0.25) is 11.9 Å². The van der Waals surface area contributed by atoms with Crippen molar-refractivity contribution in [2.75, 3.05) is 51.3 Å². The predicted octanol–water partition coefficient (Wildman–Crippen LogP) is 3.54. The Kier molecular flexibility index (Phi) is 10.1. The summed E-state index contributed by atoms with van der Waals surface area (Å²) in [5.41, 5.74) is 2.10. The molecule has 11 nitrogen and oxygen atoms in total. The first kappa shape index (κ1) is 29.7. The normalized spacial score (nSPS) is 13.7. The van der Waals surface area contributed by atoms with Crippen LogP contribution >= 0.6 is 0 Å². The van der Waals surface area contributed by atoms with Crippen LogP contribution in [0.25, 0.3) is 11.1 Å². The quantitative estimate of drug-likeness (QED) is 0.540. The van der Waals surface area contributed by atoms with Crippen LogP contribution in [0.15, 0.2) is 36.7 Å². The van der Waals surface area contributed by atoms with Crippen LogP contribution in [0.1, 0.15) is 40.2 Å². The van der Waals surface area contributed by atoms with Gasteiger partial charge in [-0.2, -0.15) is 0 Å². The highest BCUT2D eigenvalue weighted by atomic mass is 16.6. The molecule has 0 bridgehead atoms. The molecule has 0 aliphatic carbocycles. The number of hydrogen-bond donors (Lipinski definition) is 1. The number of hydrogen-bond acceptors (Lipinski definition) is 8. The summed E-state index contributed by atoms with van der Waals surface area (Å²) in [6, 6.07) is 7.82. The molecule has 1 aromatic heterocycles. The van der Waals surface area contributed by atoms with Gasteiger partial charge in [-0.05, 0) is 43.9 Å². The van der Waals surface area contributed by atoms with Gasteiger partial charge < -0.3 is 29.5 Å². The van der Waals surface area contributed by atoms with Crippen molar-refractivity contribution in [1.29, 1.82) is 0 Å². The van der Waals surface area contributed by atoms with Crippen molar-refractivity contribution in [2.24, 2.45) is 5.92 Å². The van der Waals surface area contributed by atoms with E-state index in [1.807, 2.05) is 38.1 Å². The van der Waals surface area contributed by atoms with Crippen LogP contribution in [-0.4, -0.2) is 89.8 Å². The average molecular weight is 541 g/mol. The molecule has 3 rings (SSSR count). The van der Waals surface area contributed by atoms with Crippen LogP contribution in [0.3, 0.4) is 0 Å². The lowest BCUT2D eigenvalue weighted by Gasteiger charge is -2.34. The second-order valence-electron chi connectivity index (χ2n) is 11.0. The number of benzene rings is 1. The monoisotopic (exact) mass is 540 g/mol.